The van der Waals surface area contributed by atoms with Crippen LogP contribution in [0, 0.1) is 5.82 Å². The predicted octanol–water partition coefficient (Wildman–Crippen LogP) is 4.34. The van der Waals surface area contributed by atoms with Gasteiger partial charge < -0.3 is 5.32 Å². The lowest BCUT2D eigenvalue weighted by atomic mass is 10.0. The highest BCUT2D eigenvalue weighted by Gasteiger charge is 2.21. The van der Waals surface area contributed by atoms with E-state index in [0.29, 0.717) is 18.7 Å². The lowest BCUT2D eigenvalue weighted by Crippen LogP contribution is -2.27. The highest BCUT2D eigenvalue weighted by atomic mass is 32.2. The van der Waals surface area contributed by atoms with Crippen LogP contribution in [0.4, 0.5) is 4.39 Å². The van der Waals surface area contributed by atoms with Gasteiger partial charge in [0.2, 0.25) is 5.91 Å². The molecule has 0 saturated carbocycles. The van der Waals surface area contributed by atoms with Gasteiger partial charge in [0.05, 0.1) is 11.4 Å². The number of imidazole rings is 1. The molecule has 0 spiro atoms. The SMILES string of the molecule is O=C(CSc1nc2c(n1-c1ccccc1)CCCC2)NCCc1ccc(F)cc1. The van der Waals surface area contributed by atoms with Gasteiger partial charge in [0.15, 0.2) is 5.16 Å². The second kappa shape index (κ2) is 9.27. The normalized spacial score (nSPS) is 13.1. The molecule has 150 valence electrons. The van der Waals surface area contributed by atoms with Gasteiger partial charge in [-0.15, -0.1) is 0 Å². The number of aromatic nitrogens is 2. The van der Waals surface area contributed by atoms with Crippen LogP contribution in [0.3, 0.4) is 0 Å². The first-order valence-electron chi connectivity index (χ1n) is 10.0. The molecule has 0 unspecified atom stereocenters. The largest absolute Gasteiger partial charge is 0.355 e. The molecule has 1 aliphatic carbocycles. The van der Waals surface area contributed by atoms with Gasteiger partial charge in [0.1, 0.15) is 5.82 Å². The summed E-state index contributed by atoms with van der Waals surface area (Å²) in [5.41, 5.74) is 4.55. The lowest BCUT2D eigenvalue weighted by Gasteiger charge is -2.15. The average molecular weight is 410 g/mol. The third kappa shape index (κ3) is 4.88. The number of nitrogens with zero attached hydrogens (tertiary/aromatic N) is 2. The lowest BCUT2D eigenvalue weighted by molar-refractivity contribution is -0.118. The third-order valence-electron chi connectivity index (χ3n) is 5.10. The van der Waals surface area contributed by atoms with Crippen molar-refractivity contribution in [1.82, 2.24) is 14.9 Å². The molecule has 1 aromatic heterocycles. The van der Waals surface area contributed by atoms with Gasteiger partial charge in [0.25, 0.3) is 0 Å². The summed E-state index contributed by atoms with van der Waals surface area (Å²) in [7, 11) is 0. The maximum atomic E-state index is 13.0. The summed E-state index contributed by atoms with van der Waals surface area (Å²) in [5, 5.41) is 3.83. The van der Waals surface area contributed by atoms with Gasteiger partial charge in [-0.1, -0.05) is 42.1 Å². The molecule has 0 atom stereocenters. The molecule has 6 heteroatoms. The van der Waals surface area contributed by atoms with Crippen LogP contribution in [0.2, 0.25) is 0 Å². The molecular formula is C23H24FN3OS. The second-order valence-electron chi connectivity index (χ2n) is 7.18. The van der Waals surface area contributed by atoms with Crippen molar-refractivity contribution in [1.29, 1.82) is 0 Å². The van der Waals surface area contributed by atoms with E-state index >= 15 is 0 Å². The molecule has 0 radical (unpaired) electrons. The number of amides is 1. The average Bonchev–Trinajstić information content (AvgIpc) is 3.13. The Balaban J connectivity index is 1.38. The quantitative estimate of drug-likeness (QED) is 0.591. The highest BCUT2D eigenvalue weighted by molar-refractivity contribution is 7.99. The van der Waals surface area contributed by atoms with Crippen molar-refractivity contribution in [2.24, 2.45) is 0 Å². The first-order chi connectivity index (χ1) is 14.2. The Morgan fingerprint density at radius 3 is 2.62 bits per heavy atom. The fourth-order valence-electron chi connectivity index (χ4n) is 3.63. The zero-order valence-corrected chi connectivity index (χ0v) is 17.1. The van der Waals surface area contributed by atoms with Crippen molar-refractivity contribution in [2.45, 2.75) is 37.3 Å². The van der Waals surface area contributed by atoms with Crippen LogP contribution in [0.25, 0.3) is 5.69 Å². The number of fused-ring (bicyclic) bond motifs is 1. The molecule has 1 heterocycles. The van der Waals surface area contributed by atoms with E-state index in [9.17, 15) is 9.18 Å². The van der Waals surface area contributed by atoms with Crippen LogP contribution >= 0.6 is 11.8 Å². The minimum atomic E-state index is -0.245. The fraction of sp³-hybridized carbons (Fsp3) is 0.304. The highest BCUT2D eigenvalue weighted by Crippen LogP contribution is 2.30. The fourth-order valence-corrected chi connectivity index (χ4v) is 4.52. The number of carbonyl (C=O) groups is 1. The molecule has 0 saturated heterocycles. The number of benzene rings is 2. The number of hydrogen-bond acceptors (Lipinski definition) is 3. The van der Waals surface area contributed by atoms with Crippen molar-refractivity contribution in [3.05, 3.63) is 77.4 Å². The summed E-state index contributed by atoms with van der Waals surface area (Å²) in [5.74, 6) is 0.0649. The number of thioether (sulfide) groups is 1. The molecule has 1 aliphatic rings. The number of hydrogen-bond donors (Lipinski definition) is 1. The Hall–Kier alpha value is -2.60. The Bertz CT molecular complexity index is 970. The number of aryl methyl sites for hydroxylation is 1. The van der Waals surface area contributed by atoms with E-state index in [1.54, 1.807) is 12.1 Å². The monoisotopic (exact) mass is 409 g/mol. The van der Waals surface area contributed by atoms with Gasteiger partial charge in [0, 0.05) is 17.9 Å². The number of rotatable bonds is 7. The molecule has 2 aromatic carbocycles. The van der Waals surface area contributed by atoms with Crippen molar-refractivity contribution >= 4 is 17.7 Å². The minimum absolute atomic E-state index is 0.0160. The number of para-hydroxylation sites is 1. The summed E-state index contributed by atoms with van der Waals surface area (Å²) in [6.45, 7) is 0.536. The number of halogens is 1. The zero-order chi connectivity index (χ0) is 20.1. The minimum Gasteiger partial charge on any atom is -0.355 e. The Kier molecular flexibility index (Phi) is 6.30. The summed E-state index contributed by atoms with van der Waals surface area (Å²) in [6, 6.07) is 16.6. The van der Waals surface area contributed by atoms with Crippen LogP contribution in [-0.2, 0) is 24.1 Å². The first-order valence-corrected chi connectivity index (χ1v) is 11.0. The van der Waals surface area contributed by atoms with E-state index in [-0.39, 0.29) is 11.7 Å². The van der Waals surface area contributed by atoms with E-state index in [2.05, 4.69) is 22.0 Å². The zero-order valence-electron chi connectivity index (χ0n) is 16.2. The summed E-state index contributed by atoms with van der Waals surface area (Å²) < 4.78 is 15.2. The Morgan fingerprint density at radius 2 is 1.83 bits per heavy atom. The molecule has 4 nitrogen and oxygen atoms in total. The van der Waals surface area contributed by atoms with E-state index in [4.69, 9.17) is 4.98 Å². The van der Waals surface area contributed by atoms with Gasteiger partial charge in [-0.25, -0.2) is 9.37 Å². The third-order valence-corrected chi connectivity index (χ3v) is 6.04. The molecule has 1 amide bonds. The Labute approximate surface area is 174 Å². The van der Waals surface area contributed by atoms with Gasteiger partial charge in [-0.3, -0.25) is 9.36 Å². The smallest absolute Gasteiger partial charge is 0.230 e. The molecule has 0 bridgehead atoms. The van der Waals surface area contributed by atoms with Crippen LogP contribution in [0.15, 0.2) is 59.8 Å². The predicted molar refractivity (Wildman–Crippen MR) is 114 cm³/mol. The van der Waals surface area contributed by atoms with Crippen LogP contribution in [0.5, 0.6) is 0 Å². The molecule has 0 aliphatic heterocycles. The molecule has 0 fully saturated rings. The molecule has 1 N–H and O–H groups in total. The second-order valence-corrected chi connectivity index (χ2v) is 8.12. The molecule has 4 rings (SSSR count). The van der Waals surface area contributed by atoms with Crippen molar-refractivity contribution in [2.75, 3.05) is 12.3 Å². The van der Waals surface area contributed by atoms with Crippen LogP contribution in [0.1, 0.15) is 29.8 Å². The van der Waals surface area contributed by atoms with E-state index < -0.39 is 0 Å². The number of carbonyl (C=O) groups excluding carboxylic acids is 1. The summed E-state index contributed by atoms with van der Waals surface area (Å²) >= 11 is 1.48. The Morgan fingerprint density at radius 1 is 1.07 bits per heavy atom. The van der Waals surface area contributed by atoms with Crippen molar-refractivity contribution < 1.29 is 9.18 Å². The van der Waals surface area contributed by atoms with Crippen LogP contribution < -0.4 is 5.32 Å². The van der Waals surface area contributed by atoms with Gasteiger partial charge in [-0.05, 0) is 61.9 Å². The van der Waals surface area contributed by atoms with Crippen molar-refractivity contribution in [3.8, 4) is 5.69 Å². The maximum Gasteiger partial charge on any atom is 0.230 e. The number of nitrogens with one attached hydrogen (secondary N) is 1. The molecule has 3 aromatic rings. The summed E-state index contributed by atoms with van der Waals surface area (Å²) in [6.07, 6.45) is 5.07. The maximum absolute atomic E-state index is 13.0. The van der Waals surface area contributed by atoms with E-state index in [0.717, 1.165) is 29.2 Å². The topological polar surface area (TPSA) is 46.9 Å². The standard InChI is InChI=1S/C23H24FN3OS/c24-18-12-10-17(11-13-18)14-15-25-22(28)16-29-23-26-20-8-4-5-9-21(20)27(23)19-6-2-1-3-7-19/h1-3,6-7,10-13H,4-5,8-9,14-16H2,(H,25,28). The van der Waals surface area contributed by atoms with E-state index in [1.807, 2.05) is 18.2 Å². The molecule has 29 heavy (non-hydrogen) atoms. The van der Waals surface area contributed by atoms with Gasteiger partial charge >= 0.3 is 0 Å². The van der Waals surface area contributed by atoms with Gasteiger partial charge in [-0.2, -0.15) is 0 Å². The van der Waals surface area contributed by atoms with Crippen molar-refractivity contribution in [3.63, 3.8) is 0 Å². The molecular weight excluding hydrogens is 385 g/mol. The van der Waals surface area contributed by atoms with Crippen LogP contribution in [-0.4, -0.2) is 27.8 Å². The van der Waals surface area contributed by atoms with E-state index in [1.165, 1.54) is 48.1 Å². The first kappa shape index (κ1) is 19.7. The summed E-state index contributed by atoms with van der Waals surface area (Å²) in [4.78, 5) is 17.2.